The fourth-order valence-corrected chi connectivity index (χ4v) is 2.40. The lowest BCUT2D eigenvalue weighted by atomic mass is 10.1. The second-order valence-corrected chi connectivity index (χ2v) is 5.86. The Kier molecular flexibility index (Phi) is 6.18. The number of benzene rings is 2. The van der Waals surface area contributed by atoms with Crippen LogP contribution in [0.3, 0.4) is 0 Å². The maximum atomic E-state index is 12.1. The molecule has 0 aliphatic heterocycles. The average molecular weight is 312 g/mol. The van der Waals surface area contributed by atoms with E-state index in [4.69, 9.17) is 4.74 Å². The van der Waals surface area contributed by atoms with Crippen molar-refractivity contribution in [3.05, 3.63) is 65.2 Å². The molecule has 4 heteroatoms. The summed E-state index contributed by atoms with van der Waals surface area (Å²) in [5, 5.41) is 2.97. The van der Waals surface area contributed by atoms with Crippen molar-refractivity contribution in [2.24, 2.45) is 0 Å². The summed E-state index contributed by atoms with van der Waals surface area (Å²) in [7, 11) is 5.72. The van der Waals surface area contributed by atoms with Crippen LogP contribution in [0.1, 0.15) is 16.7 Å². The molecule has 2 aromatic carbocycles. The standard InChI is InChI=1S/C19H24N2O2/c1-21(2)14-17-6-4-5-16(11-17)13-20-19(22)12-15-7-9-18(23-3)10-8-15/h4-11H,12-14H2,1-3H3,(H,20,22). The number of hydrogen-bond donors (Lipinski definition) is 1. The van der Waals surface area contributed by atoms with Gasteiger partial charge in [0.15, 0.2) is 0 Å². The molecule has 0 saturated heterocycles. The maximum absolute atomic E-state index is 12.1. The van der Waals surface area contributed by atoms with Crippen molar-refractivity contribution in [2.75, 3.05) is 21.2 Å². The predicted octanol–water partition coefficient (Wildman–Crippen LogP) is 2.62. The molecule has 1 N–H and O–H groups in total. The quantitative estimate of drug-likeness (QED) is 0.854. The van der Waals surface area contributed by atoms with Crippen molar-refractivity contribution in [1.82, 2.24) is 10.2 Å². The molecule has 0 aliphatic carbocycles. The summed E-state index contributed by atoms with van der Waals surface area (Å²) in [5.41, 5.74) is 3.34. The highest BCUT2D eigenvalue weighted by Gasteiger charge is 2.04. The zero-order chi connectivity index (χ0) is 16.7. The van der Waals surface area contributed by atoms with Crippen molar-refractivity contribution in [3.63, 3.8) is 0 Å². The molecule has 0 atom stereocenters. The Bertz CT molecular complexity index is 636. The molecule has 0 unspecified atom stereocenters. The van der Waals surface area contributed by atoms with E-state index in [9.17, 15) is 4.79 Å². The highest BCUT2D eigenvalue weighted by molar-refractivity contribution is 5.78. The molecule has 0 saturated carbocycles. The van der Waals surface area contributed by atoms with E-state index in [-0.39, 0.29) is 5.91 Å². The van der Waals surface area contributed by atoms with Crippen LogP contribution in [0.2, 0.25) is 0 Å². The van der Waals surface area contributed by atoms with Gasteiger partial charge in [-0.25, -0.2) is 0 Å². The van der Waals surface area contributed by atoms with Crippen LogP contribution in [0, 0.1) is 0 Å². The van der Waals surface area contributed by atoms with Crippen LogP contribution in [0.25, 0.3) is 0 Å². The molecular formula is C19H24N2O2. The predicted molar refractivity (Wildman–Crippen MR) is 92.4 cm³/mol. The summed E-state index contributed by atoms with van der Waals surface area (Å²) in [5.74, 6) is 0.819. The van der Waals surface area contributed by atoms with E-state index in [0.29, 0.717) is 13.0 Å². The third-order valence-electron chi connectivity index (χ3n) is 3.50. The van der Waals surface area contributed by atoms with Crippen molar-refractivity contribution >= 4 is 5.91 Å². The monoisotopic (exact) mass is 312 g/mol. The second-order valence-electron chi connectivity index (χ2n) is 5.86. The van der Waals surface area contributed by atoms with Crippen molar-refractivity contribution in [2.45, 2.75) is 19.5 Å². The van der Waals surface area contributed by atoms with E-state index < -0.39 is 0 Å². The van der Waals surface area contributed by atoms with Gasteiger partial charge in [0.25, 0.3) is 0 Å². The van der Waals surface area contributed by atoms with Crippen LogP contribution in [0.4, 0.5) is 0 Å². The normalized spacial score (nSPS) is 10.6. The lowest BCUT2D eigenvalue weighted by Gasteiger charge is -2.11. The smallest absolute Gasteiger partial charge is 0.224 e. The summed E-state index contributed by atoms with van der Waals surface area (Å²) < 4.78 is 5.11. The zero-order valence-corrected chi connectivity index (χ0v) is 14.0. The molecular weight excluding hydrogens is 288 g/mol. The number of carbonyl (C=O) groups is 1. The van der Waals surface area contributed by atoms with Crippen molar-refractivity contribution in [3.8, 4) is 5.75 Å². The first-order chi connectivity index (χ1) is 11.1. The Hall–Kier alpha value is -2.33. The van der Waals surface area contributed by atoms with Gasteiger partial charge in [-0.15, -0.1) is 0 Å². The Morgan fingerprint density at radius 3 is 2.39 bits per heavy atom. The van der Waals surface area contributed by atoms with Crippen LogP contribution >= 0.6 is 0 Å². The Balaban J connectivity index is 1.86. The van der Waals surface area contributed by atoms with Gasteiger partial charge in [-0.1, -0.05) is 36.4 Å². The number of nitrogens with one attached hydrogen (secondary N) is 1. The topological polar surface area (TPSA) is 41.6 Å². The number of hydrogen-bond acceptors (Lipinski definition) is 3. The van der Waals surface area contributed by atoms with Crippen LogP contribution in [-0.4, -0.2) is 32.0 Å². The van der Waals surface area contributed by atoms with E-state index in [0.717, 1.165) is 23.4 Å². The number of amides is 1. The van der Waals surface area contributed by atoms with Crippen LogP contribution in [0.15, 0.2) is 48.5 Å². The van der Waals surface area contributed by atoms with Gasteiger partial charge in [0.2, 0.25) is 5.91 Å². The maximum Gasteiger partial charge on any atom is 0.224 e. The molecule has 0 heterocycles. The summed E-state index contributed by atoms with van der Waals surface area (Å²) in [6.45, 7) is 1.45. The average Bonchev–Trinajstić information content (AvgIpc) is 2.53. The molecule has 2 rings (SSSR count). The highest BCUT2D eigenvalue weighted by Crippen LogP contribution is 2.12. The minimum atomic E-state index is 0.0215. The molecule has 1 amide bonds. The fraction of sp³-hybridized carbons (Fsp3) is 0.316. The summed E-state index contributed by atoms with van der Waals surface area (Å²) >= 11 is 0. The fourth-order valence-electron chi connectivity index (χ4n) is 2.40. The largest absolute Gasteiger partial charge is 0.497 e. The van der Waals surface area contributed by atoms with Crippen molar-refractivity contribution in [1.29, 1.82) is 0 Å². The van der Waals surface area contributed by atoms with Gasteiger partial charge in [0.05, 0.1) is 13.5 Å². The second kappa shape index (κ2) is 8.34. The molecule has 0 bridgehead atoms. The van der Waals surface area contributed by atoms with Crippen LogP contribution in [-0.2, 0) is 24.3 Å². The van der Waals surface area contributed by atoms with Gasteiger partial charge >= 0.3 is 0 Å². The molecule has 23 heavy (non-hydrogen) atoms. The Labute approximate surface area is 138 Å². The molecule has 0 radical (unpaired) electrons. The SMILES string of the molecule is COc1ccc(CC(=O)NCc2cccc(CN(C)C)c2)cc1. The van der Waals surface area contributed by atoms with E-state index >= 15 is 0 Å². The van der Waals surface area contributed by atoms with Gasteiger partial charge < -0.3 is 15.0 Å². The Morgan fingerprint density at radius 2 is 1.74 bits per heavy atom. The van der Waals surface area contributed by atoms with Crippen LogP contribution in [0.5, 0.6) is 5.75 Å². The first kappa shape index (κ1) is 17.0. The van der Waals surface area contributed by atoms with Crippen LogP contribution < -0.4 is 10.1 Å². The van der Waals surface area contributed by atoms with Gasteiger partial charge in [-0.05, 0) is 42.9 Å². The molecule has 4 nitrogen and oxygen atoms in total. The molecule has 2 aromatic rings. The highest BCUT2D eigenvalue weighted by atomic mass is 16.5. The molecule has 0 aromatic heterocycles. The first-order valence-electron chi connectivity index (χ1n) is 7.69. The van der Waals surface area contributed by atoms with Crippen molar-refractivity contribution < 1.29 is 9.53 Å². The number of carbonyl (C=O) groups excluding carboxylic acids is 1. The number of ether oxygens (including phenoxy) is 1. The van der Waals surface area contributed by atoms with E-state index in [2.05, 4.69) is 22.3 Å². The summed E-state index contributed by atoms with van der Waals surface area (Å²) in [6.07, 6.45) is 0.376. The minimum absolute atomic E-state index is 0.0215. The first-order valence-corrected chi connectivity index (χ1v) is 7.69. The Morgan fingerprint density at radius 1 is 1.04 bits per heavy atom. The summed E-state index contributed by atoms with van der Waals surface area (Å²) in [4.78, 5) is 14.2. The lowest BCUT2D eigenvalue weighted by molar-refractivity contribution is -0.120. The summed E-state index contributed by atoms with van der Waals surface area (Å²) in [6, 6.07) is 15.9. The molecule has 0 spiro atoms. The molecule has 0 fully saturated rings. The van der Waals surface area contributed by atoms with Gasteiger partial charge in [0, 0.05) is 13.1 Å². The van der Waals surface area contributed by atoms with Gasteiger partial charge in [0.1, 0.15) is 5.75 Å². The van der Waals surface area contributed by atoms with E-state index in [1.165, 1.54) is 5.56 Å². The number of nitrogens with zero attached hydrogens (tertiary/aromatic N) is 1. The van der Waals surface area contributed by atoms with Gasteiger partial charge in [-0.2, -0.15) is 0 Å². The zero-order valence-electron chi connectivity index (χ0n) is 14.0. The number of methoxy groups -OCH3 is 1. The molecule has 0 aliphatic rings. The van der Waals surface area contributed by atoms with Gasteiger partial charge in [-0.3, -0.25) is 4.79 Å². The lowest BCUT2D eigenvalue weighted by Crippen LogP contribution is -2.24. The van der Waals surface area contributed by atoms with E-state index in [1.807, 2.05) is 50.5 Å². The minimum Gasteiger partial charge on any atom is -0.497 e. The van der Waals surface area contributed by atoms with E-state index in [1.54, 1.807) is 7.11 Å². The number of rotatable bonds is 7. The third-order valence-corrected chi connectivity index (χ3v) is 3.50. The third kappa shape index (κ3) is 5.75. The molecule has 122 valence electrons.